The molecule has 0 atom stereocenters. The molecule has 2 rings (SSSR count). The van der Waals surface area contributed by atoms with E-state index >= 15 is 0 Å². The van der Waals surface area contributed by atoms with Crippen molar-refractivity contribution in [1.82, 2.24) is 20.4 Å². The first-order chi connectivity index (χ1) is 9.29. The summed E-state index contributed by atoms with van der Waals surface area (Å²) in [6.45, 7) is 2.73. The molecule has 102 valence electrons. The minimum Gasteiger partial charge on any atom is -0.354 e. The van der Waals surface area contributed by atoms with Crippen molar-refractivity contribution in [2.24, 2.45) is 0 Å². The molecular weight excluding hydrogens is 242 g/mol. The van der Waals surface area contributed by atoms with Gasteiger partial charge < -0.3 is 5.32 Å². The van der Waals surface area contributed by atoms with E-state index in [1.165, 1.54) is 5.69 Å². The largest absolute Gasteiger partial charge is 0.354 e. The molecule has 1 aromatic heterocycles. The fourth-order valence-electron chi connectivity index (χ4n) is 2.41. The van der Waals surface area contributed by atoms with Crippen LogP contribution < -0.4 is 5.32 Å². The van der Waals surface area contributed by atoms with Gasteiger partial charge in [-0.05, 0) is 32.0 Å². The van der Waals surface area contributed by atoms with Gasteiger partial charge in [0.1, 0.15) is 0 Å². The minimum absolute atomic E-state index is 0.00948. The van der Waals surface area contributed by atoms with Crippen LogP contribution in [0.5, 0.6) is 0 Å². The van der Waals surface area contributed by atoms with Gasteiger partial charge in [-0.25, -0.2) is 0 Å². The van der Waals surface area contributed by atoms with E-state index in [0.29, 0.717) is 25.4 Å². The third kappa shape index (κ3) is 4.07. The lowest BCUT2D eigenvalue weighted by Gasteiger charge is -2.30. The Hall–Kier alpha value is -1.87. The van der Waals surface area contributed by atoms with E-state index in [1.54, 1.807) is 6.20 Å². The number of piperidine rings is 1. The average molecular weight is 261 g/mol. The van der Waals surface area contributed by atoms with E-state index in [0.717, 1.165) is 25.9 Å². The number of amides is 1. The zero-order chi connectivity index (χ0) is 13.5. The lowest BCUT2D eigenvalue weighted by Crippen LogP contribution is -2.41. The molecule has 0 aromatic carbocycles. The number of carbonyl (C=O) groups excluding carboxylic acids is 1. The fourth-order valence-corrected chi connectivity index (χ4v) is 2.41. The maximum atomic E-state index is 11.6. The first-order valence-electron chi connectivity index (χ1n) is 6.65. The van der Waals surface area contributed by atoms with E-state index in [-0.39, 0.29) is 5.91 Å². The number of nitrogens with one attached hydrogen (secondary N) is 2. The van der Waals surface area contributed by atoms with E-state index in [1.807, 2.05) is 12.1 Å². The topological polar surface area (TPSA) is 84.8 Å². The Morgan fingerprint density at radius 1 is 1.58 bits per heavy atom. The highest BCUT2D eigenvalue weighted by Crippen LogP contribution is 2.25. The van der Waals surface area contributed by atoms with Crippen LogP contribution in [0.1, 0.15) is 30.9 Å². The van der Waals surface area contributed by atoms with Crippen LogP contribution in [0, 0.1) is 11.3 Å². The Bertz CT molecular complexity index is 428. The summed E-state index contributed by atoms with van der Waals surface area (Å²) in [5, 5.41) is 18.1. The number of hydrogen-bond acceptors (Lipinski definition) is 4. The molecule has 0 aliphatic carbocycles. The summed E-state index contributed by atoms with van der Waals surface area (Å²) < 4.78 is 0. The van der Waals surface area contributed by atoms with Crippen LogP contribution in [0.4, 0.5) is 0 Å². The highest BCUT2D eigenvalue weighted by molar-refractivity contribution is 5.78. The molecule has 0 radical (unpaired) electrons. The molecule has 1 amide bonds. The molecule has 0 bridgehead atoms. The van der Waals surface area contributed by atoms with Crippen molar-refractivity contribution < 1.29 is 4.79 Å². The lowest BCUT2D eigenvalue weighted by atomic mass is 9.94. The van der Waals surface area contributed by atoms with Crippen LogP contribution in [-0.4, -0.2) is 47.2 Å². The molecule has 1 aromatic rings. The quantitative estimate of drug-likeness (QED) is 0.761. The van der Waals surface area contributed by atoms with Gasteiger partial charge in [0.05, 0.1) is 19.0 Å². The Kier molecular flexibility index (Phi) is 4.93. The summed E-state index contributed by atoms with van der Waals surface area (Å²) in [7, 11) is 0. The second-order valence-electron chi connectivity index (χ2n) is 4.82. The van der Waals surface area contributed by atoms with Crippen molar-refractivity contribution in [1.29, 1.82) is 5.26 Å². The average Bonchev–Trinajstić information content (AvgIpc) is 2.94. The number of rotatable bonds is 5. The molecule has 6 nitrogen and oxygen atoms in total. The van der Waals surface area contributed by atoms with Gasteiger partial charge in [0.15, 0.2) is 0 Å². The molecule has 1 aliphatic rings. The van der Waals surface area contributed by atoms with Gasteiger partial charge in [-0.15, -0.1) is 0 Å². The molecule has 1 aliphatic heterocycles. The summed E-state index contributed by atoms with van der Waals surface area (Å²) in [5.41, 5.74) is 1.19. The van der Waals surface area contributed by atoms with Crippen LogP contribution in [0.25, 0.3) is 0 Å². The number of likely N-dealkylation sites (tertiary alicyclic amines) is 1. The summed E-state index contributed by atoms with van der Waals surface area (Å²) in [6, 6.07) is 4.03. The molecule has 0 saturated carbocycles. The molecule has 1 saturated heterocycles. The third-order valence-electron chi connectivity index (χ3n) is 3.48. The number of nitriles is 1. The Labute approximate surface area is 112 Å². The van der Waals surface area contributed by atoms with Crippen LogP contribution >= 0.6 is 0 Å². The number of carbonyl (C=O) groups is 1. The Morgan fingerprint density at radius 3 is 3.00 bits per heavy atom. The van der Waals surface area contributed by atoms with E-state index < -0.39 is 0 Å². The fraction of sp³-hybridized carbons (Fsp3) is 0.615. The second-order valence-corrected chi connectivity index (χ2v) is 4.82. The smallest absolute Gasteiger partial charge is 0.234 e. The lowest BCUT2D eigenvalue weighted by molar-refractivity contribution is -0.122. The van der Waals surface area contributed by atoms with Crippen molar-refractivity contribution in [3.05, 3.63) is 18.0 Å². The molecule has 2 N–H and O–H groups in total. The number of aromatic nitrogens is 2. The molecule has 0 spiro atoms. The SMILES string of the molecule is N#CCCNC(=O)CN1CCC(c2ccn[nH]2)CC1. The van der Waals surface area contributed by atoms with Crippen LogP contribution in [-0.2, 0) is 4.79 Å². The van der Waals surface area contributed by atoms with Crippen molar-refractivity contribution in [2.75, 3.05) is 26.2 Å². The van der Waals surface area contributed by atoms with Gasteiger partial charge in [-0.1, -0.05) is 0 Å². The van der Waals surface area contributed by atoms with Gasteiger partial charge in [0, 0.05) is 24.4 Å². The summed E-state index contributed by atoms with van der Waals surface area (Å²) >= 11 is 0. The van der Waals surface area contributed by atoms with Gasteiger partial charge in [-0.2, -0.15) is 10.4 Å². The summed E-state index contributed by atoms with van der Waals surface area (Å²) in [4.78, 5) is 13.8. The minimum atomic E-state index is 0.00948. The van der Waals surface area contributed by atoms with Gasteiger partial charge >= 0.3 is 0 Å². The second kappa shape index (κ2) is 6.90. The first-order valence-corrected chi connectivity index (χ1v) is 6.65. The van der Waals surface area contributed by atoms with Crippen molar-refractivity contribution in [3.8, 4) is 6.07 Å². The van der Waals surface area contributed by atoms with E-state index in [9.17, 15) is 4.79 Å². The third-order valence-corrected chi connectivity index (χ3v) is 3.48. The first kappa shape index (κ1) is 13.6. The van der Waals surface area contributed by atoms with Crippen molar-refractivity contribution in [2.45, 2.75) is 25.2 Å². The molecular formula is C13H19N5O. The highest BCUT2D eigenvalue weighted by Gasteiger charge is 2.22. The predicted molar refractivity (Wildman–Crippen MR) is 70.2 cm³/mol. The zero-order valence-corrected chi connectivity index (χ0v) is 10.9. The predicted octanol–water partition coefficient (Wildman–Crippen LogP) is 0.619. The van der Waals surface area contributed by atoms with Crippen LogP contribution in [0.2, 0.25) is 0 Å². The molecule has 6 heteroatoms. The van der Waals surface area contributed by atoms with Crippen LogP contribution in [0.15, 0.2) is 12.3 Å². The van der Waals surface area contributed by atoms with E-state index in [2.05, 4.69) is 20.4 Å². The summed E-state index contributed by atoms with van der Waals surface area (Å²) in [6.07, 6.45) is 4.25. The highest BCUT2D eigenvalue weighted by atomic mass is 16.2. The standard InChI is InChI=1S/C13H19N5O/c14-5-1-6-15-13(19)10-18-8-3-11(4-9-18)12-2-7-16-17-12/h2,7,11H,1,3-4,6,8-10H2,(H,15,19)(H,16,17). The normalized spacial score (nSPS) is 17.0. The van der Waals surface area contributed by atoms with Crippen LogP contribution in [0.3, 0.4) is 0 Å². The van der Waals surface area contributed by atoms with Gasteiger partial charge in [-0.3, -0.25) is 14.8 Å². The maximum Gasteiger partial charge on any atom is 0.234 e. The number of nitrogens with zero attached hydrogens (tertiary/aromatic N) is 3. The van der Waals surface area contributed by atoms with Crippen molar-refractivity contribution in [3.63, 3.8) is 0 Å². The van der Waals surface area contributed by atoms with E-state index in [4.69, 9.17) is 5.26 Å². The Balaban J connectivity index is 1.69. The number of hydrogen-bond donors (Lipinski definition) is 2. The molecule has 1 fully saturated rings. The van der Waals surface area contributed by atoms with Gasteiger partial charge in [0.2, 0.25) is 5.91 Å². The molecule has 19 heavy (non-hydrogen) atoms. The zero-order valence-electron chi connectivity index (χ0n) is 10.9. The number of aromatic amines is 1. The maximum absolute atomic E-state index is 11.6. The van der Waals surface area contributed by atoms with Gasteiger partial charge in [0.25, 0.3) is 0 Å². The van der Waals surface area contributed by atoms with Crippen molar-refractivity contribution >= 4 is 5.91 Å². The Morgan fingerprint density at radius 2 is 2.37 bits per heavy atom. The molecule has 0 unspecified atom stereocenters. The monoisotopic (exact) mass is 261 g/mol. The molecule has 2 heterocycles. The summed E-state index contributed by atoms with van der Waals surface area (Å²) in [5.74, 6) is 0.538. The number of H-pyrrole nitrogens is 1.